The fourth-order valence-corrected chi connectivity index (χ4v) is 3.66. The number of nitrogens with zero attached hydrogens (tertiary/aromatic N) is 1. The van der Waals surface area contributed by atoms with E-state index >= 15 is 0 Å². The van der Waals surface area contributed by atoms with Gasteiger partial charge < -0.3 is 5.32 Å². The average molecular weight is 431 g/mol. The summed E-state index contributed by atoms with van der Waals surface area (Å²) in [6.45, 7) is 2.19. The van der Waals surface area contributed by atoms with Crippen LogP contribution in [0.15, 0.2) is 42.5 Å². The second kappa shape index (κ2) is 8.72. The monoisotopic (exact) mass is 430 g/mol. The van der Waals surface area contributed by atoms with Crippen molar-refractivity contribution in [1.82, 2.24) is 4.90 Å². The van der Waals surface area contributed by atoms with E-state index in [4.69, 9.17) is 23.2 Å². The van der Waals surface area contributed by atoms with Crippen LogP contribution in [0.2, 0.25) is 10.0 Å². The van der Waals surface area contributed by atoms with E-state index in [2.05, 4.69) is 10.2 Å². The van der Waals surface area contributed by atoms with Crippen molar-refractivity contribution >= 4 is 34.8 Å². The zero-order chi connectivity index (χ0) is 20.3. The summed E-state index contributed by atoms with van der Waals surface area (Å²) >= 11 is 12.0. The molecule has 3 nitrogen and oxygen atoms in total. The van der Waals surface area contributed by atoms with Crippen LogP contribution in [-0.4, -0.2) is 23.9 Å². The van der Waals surface area contributed by atoms with Crippen LogP contribution in [0, 0.1) is 5.92 Å². The molecular weight excluding hydrogens is 412 g/mol. The summed E-state index contributed by atoms with van der Waals surface area (Å²) in [7, 11) is 0. The highest BCUT2D eigenvalue weighted by Crippen LogP contribution is 2.34. The number of rotatable bonds is 4. The van der Waals surface area contributed by atoms with Crippen molar-refractivity contribution in [1.29, 1.82) is 0 Å². The summed E-state index contributed by atoms with van der Waals surface area (Å²) < 4.78 is 38.6. The molecule has 28 heavy (non-hydrogen) atoms. The van der Waals surface area contributed by atoms with Gasteiger partial charge in [0, 0.05) is 17.5 Å². The first-order chi connectivity index (χ1) is 13.2. The Morgan fingerprint density at radius 1 is 1.11 bits per heavy atom. The van der Waals surface area contributed by atoms with Gasteiger partial charge in [-0.05, 0) is 61.8 Å². The van der Waals surface area contributed by atoms with E-state index in [1.807, 2.05) is 24.3 Å². The van der Waals surface area contributed by atoms with E-state index in [-0.39, 0.29) is 22.5 Å². The molecule has 0 bridgehead atoms. The van der Waals surface area contributed by atoms with E-state index in [1.54, 1.807) is 0 Å². The number of halogens is 5. The summed E-state index contributed by atoms with van der Waals surface area (Å²) in [6, 6.07) is 10.5. The second-order valence-electron chi connectivity index (χ2n) is 6.86. The molecule has 0 unspecified atom stereocenters. The van der Waals surface area contributed by atoms with Gasteiger partial charge in [-0.25, -0.2) is 0 Å². The van der Waals surface area contributed by atoms with Crippen molar-refractivity contribution in [2.24, 2.45) is 5.92 Å². The van der Waals surface area contributed by atoms with Gasteiger partial charge in [-0.2, -0.15) is 13.2 Å². The molecule has 0 aliphatic carbocycles. The highest BCUT2D eigenvalue weighted by atomic mass is 35.5. The number of carbonyl (C=O) groups excluding carboxylic acids is 1. The van der Waals surface area contributed by atoms with Gasteiger partial charge >= 0.3 is 6.18 Å². The van der Waals surface area contributed by atoms with Crippen molar-refractivity contribution in [3.8, 4) is 0 Å². The number of nitrogens with one attached hydrogen (secondary N) is 1. The summed E-state index contributed by atoms with van der Waals surface area (Å²) in [6.07, 6.45) is -3.23. The van der Waals surface area contributed by atoms with Gasteiger partial charge in [0.2, 0.25) is 5.91 Å². The third kappa shape index (κ3) is 5.40. The van der Waals surface area contributed by atoms with Crippen molar-refractivity contribution in [3.05, 3.63) is 63.6 Å². The Kier molecular flexibility index (Phi) is 6.53. The topological polar surface area (TPSA) is 32.3 Å². The Hall–Kier alpha value is -1.76. The van der Waals surface area contributed by atoms with Crippen molar-refractivity contribution in [3.63, 3.8) is 0 Å². The molecule has 0 saturated carbocycles. The number of anilines is 1. The average Bonchev–Trinajstić information content (AvgIpc) is 2.63. The van der Waals surface area contributed by atoms with Gasteiger partial charge in [-0.1, -0.05) is 35.3 Å². The molecule has 2 aromatic rings. The van der Waals surface area contributed by atoms with Gasteiger partial charge in [0.1, 0.15) is 0 Å². The first-order valence-electron chi connectivity index (χ1n) is 8.87. The number of amides is 1. The zero-order valence-corrected chi connectivity index (χ0v) is 16.4. The maximum absolute atomic E-state index is 12.9. The van der Waals surface area contributed by atoms with Crippen LogP contribution in [0.3, 0.4) is 0 Å². The summed E-state index contributed by atoms with van der Waals surface area (Å²) in [5, 5.41) is 3.33. The van der Waals surface area contributed by atoms with Crippen molar-refractivity contribution in [2.75, 3.05) is 18.4 Å². The van der Waals surface area contributed by atoms with Gasteiger partial charge in [0.05, 0.1) is 16.3 Å². The van der Waals surface area contributed by atoms with Gasteiger partial charge in [0.25, 0.3) is 0 Å². The highest BCUT2D eigenvalue weighted by Gasteiger charge is 2.31. The van der Waals surface area contributed by atoms with Crippen LogP contribution in [0.1, 0.15) is 24.0 Å². The quantitative estimate of drug-likeness (QED) is 0.658. The maximum atomic E-state index is 12.9. The Morgan fingerprint density at radius 3 is 2.46 bits per heavy atom. The minimum absolute atomic E-state index is 0.0113. The molecule has 2 aromatic carbocycles. The molecule has 0 atom stereocenters. The zero-order valence-electron chi connectivity index (χ0n) is 14.9. The van der Waals surface area contributed by atoms with E-state index < -0.39 is 11.7 Å². The molecule has 150 valence electrons. The third-order valence-corrected chi connectivity index (χ3v) is 5.37. The first kappa shape index (κ1) is 21.0. The minimum atomic E-state index is -4.49. The van der Waals surface area contributed by atoms with Crippen LogP contribution in [0.4, 0.5) is 18.9 Å². The van der Waals surface area contributed by atoms with Crippen molar-refractivity contribution in [2.45, 2.75) is 25.6 Å². The highest BCUT2D eigenvalue weighted by molar-refractivity contribution is 6.33. The fourth-order valence-electron chi connectivity index (χ4n) is 3.28. The number of likely N-dealkylation sites (tertiary alicyclic amines) is 1. The molecular formula is C20H19Cl2F3N2O. The summed E-state index contributed by atoms with van der Waals surface area (Å²) in [5.41, 5.74) is 0.248. The summed E-state index contributed by atoms with van der Waals surface area (Å²) in [4.78, 5) is 14.7. The molecule has 1 heterocycles. The molecule has 8 heteroatoms. The van der Waals surface area contributed by atoms with Gasteiger partial charge in [-0.15, -0.1) is 0 Å². The molecule has 1 aliphatic rings. The van der Waals surface area contributed by atoms with Crippen molar-refractivity contribution < 1.29 is 18.0 Å². The predicted molar refractivity (Wildman–Crippen MR) is 105 cm³/mol. The number of benzene rings is 2. The fraction of sp³-hybridized carbons (Fsp3) is 0.350. The Balaban J connectivity index is 1.57. The predicted octanol–water partition coefficient (Wildman–Crippen LogP) is 5.86. The van der Waals surface area contributed by atoms with E-state index in [0.717, 1.165) is 43.4 Å². The molecule has 1 aliphatic heterocycles. The number of piperidine rings is 1. The molecule has 3 rings (SSSR count). The second-order valence-corrected chi connectivity index (χ2v) is 7.71. The molecule has 0 radical (unpaired) electrons. The number of hydrogen-bond donors (Lipinski definition) is 1. The molecule has 1 saturated heterocycles. The molecule has 1 fully saturated rings. The van der Waals surface area contributed by atoms with Crippen LogP contribution in [0.5, 0.6) is 0 Å². The largest absolute Gasteiger partial charge is 0.416 e. The van der Waals surface area contributed by atoms with Crippen LogP contribution < -0.4 is 5.32 Å². The lowest BCUT2D eigenvalue weighted by Crippen LogP contribution is -2.37. The van der Waals surface area contributed by atoms with E-state index in [0.29, 0.717) is 17.9 Å². The van der Waals surface area contributed by atoms with Gasteiger partial charge in [0.15, 0.2) is 0 Å². The number of alkyl halides is 3. The number of hydrogen-bond acceptors (Lipinski definition) is 2. The minimum Gasteiger partial charge on any atom is -0.325 e. The first-order valence-corrected chi connectivity index (χ1v) is 9.62. The van der Waals surface area contributed by atoms with E-state index in [9.17, 15) is 18.0 Å². The molecule has 0 aromatic heterocycles. The Bertz CT molecular complexity index is 850. The third-order valence-electron chi connectivity index (χ3n) is 4.81. The maximum Gasteiger partial charge on any atom is 0.416 e. The molecule has 1 amide bonds. The molecule has 0 spiro atoms. The lowest BCUT2D eigenvalue weighted by Gasteiger charge is -2.31. The van der Waals surface area contributed by atoms with Crippen LogP contribution in [0.25, 0.3) is 0 Å². The lowest BCUT2D eigenvalue weighted by molar-refractivity contribution is -0.137. The van der Waals surface area contributed by atoms with Crippen LogP contribution in [-0.2, 0) is 17.5 Å². The Labute approximate surface area is 171 Å². The number of carbonyl (C=O) groups is 1. The SMILES string of the molecule is O=C(Nc1cc(C(F)(F)F)ccc1Cl)C1CCN(Cc2cccc(Cl)c2)CC1. The molecule has 1 N–H and O–H groups in total. The summed E-state index contributed by atoms with van der Waals surface area (Å²) in [5.74, 6) is -0.565. The lowest BCUT2D eigenvalue weighted by atomic mass is 9.95. The Morgan fingerprint density at radius 2 is 1.82 bits per heavy atom. The van der Waals surface area contributed by atoms with Gasteiger partial charge in [-0.3, -0.25) is 9.69 Å². The standard InChI is InChI=1S/C20H19Cl2F3N2O/c21-16-3-1-2-13(10-16)12-27-8-6-14(7-9-27)19(28)26-18-11-15(20(23,24)25)4-5-17(18)22/h1-5,10-11,14H,6-9,12H2,(H,26,28). The normalized spacial score (nSPS) is 16.2. The van der Waals surface area contributed by atoms with Crippen LogP contribution >= 0.6 is 23.2 Å². The smallest absolute Gasteiger partial charge is 0.325 e. The van der Waals surface area contributed by atoms with E-state index in [1.165, 1.54) is 0 Å².